The monoisotopic (exact) mass is 272 g/mol. The van der Waals surface area contributed by atoms with Crippen LogP contribution in [0.3, 0.4) is 0 Å². The van der Waals surface area contributed by atoms with Crippen molar-refractivity contribution in [2.45, 2.75) is 13.5 Å². The van der Waals surface area contributed by atoms with E-state index in [9.17, 15) is 4.79 Å². The molecule has 1 amide bonds. The van der Waals surface area contributed by atoms with Crippen LogP contribution in [0.4, 0.5) is 0 Å². The van der Waals surface area contributed by atoms with Crippen molar-refractivity contribution in [1.29, 1.82) is 0 Å². The van der Waals surface area contributed by atoms with Gasteiger partial charge in [-0.2, -0.15) is 0 Å². The van der Waals surface area contributed by atoms with Gasteiger partial charge in [0.1, 0.15) is 17.1 Å². The molecule has 0 aliphatic heterocycles. The summed E-state index contributed by atoms with van der Waals surface area (Å²) in [6.07, 6.45) is 3.07. The van der Waals surface area contributed by atoms with Crippen LogP contribution in [-0.4, -0.2) is 11.1 Å². The van der Waals surface area contributed by atoms with Crippen LogP contribution in [0, 0.1) is 6.92 Å². The molecule has 0 spiro atoms. The Bertz CT molecular complexity index is 696. The fourth-order valence-corrected chi connectivity index (χ4v) is 1.89. The zero-order valence-electron chi connectivity index (χ0n) is 10.8. The predicted molar refractivity (Wildman–Crippen MR) is 68.8 cm³/mol. The van der Waals surface area contributed by atoms with Crippen LogP contribution < -0.4 is 5.32 Å². The van der Waals surface area contributed by atoms with Gasteiger partial charge in [0.05, 0.1) is 19.1 Å². The molecule has 6 heteroatoms. The lowest BCUT2D eigenvalue weighted by Crippen LogP contribution is -2.23. The van der Waals surface area contributed by atoms with E-state index < -0.39 is 0 Å². The normalized spacial score (nSPS) is 10.7. The molecule has 0 saturated heterocycles. The first-order valence-corrected chi connectivity index (χ1v) is 6.06. The average molecular weight is 272 g/mol. The lowest BCUT2D eigenvalue weighted by atomic mass is 10.1. The number of rotatable bonds is 4. The number of hydrogen-bond acceptors (Lipinski definition) is 5. The zero-order valence-corrected chi connectivity index (χ0v) is 10.8. The summed E-state index contributed by atoms with van der Waals surface area (Å²) in [5.41, 5.74) is 0.760. The van der Waals surface area contributed by atoms with Crippen molar-refractivity contribution in [1.82, 2.24) is 10.5 Å². The van der Waals surface area contributed by atoms with Crippen molar-refractivity contribution < 1.29 is 18.2 Å². The Labute approximate surface area is 114 Å². The summed E-state index contributed by atoms with van der Waals surface area (Å²) in [5.74, 6) is 1.32. The average Bonchev–Trinajstić information content (AvgIpc) is 3.17. The maximum absolute atomic E-state index is 12.2. The van der Waals surface area contributed by atoms with Gasteiger partial charge in [-0.1, -0.05) is 5.16 Å². The van der Waals surface area contributed by atoms with E-state index in [0.29, 0.717) is 35.1 Å². The topological polar surface area (TPSA) is 81.4 Å². The Morgan fingerprint density at radius 1 is 1.25 bits per heavy atom. The van der Waals surface area contributed by atoms with Crippen LogP contribution in [0.25, 0.3) is 11.5 Å². The van der Waals surface area contributed by atoms with Crippen LogP contribution in [0.1, 0.15) is 21.9 Å². The highest BCUT2D eigenvalue weighted by Crippen LogP contribution is 2.25. The number of aryl methyl sites for hydroxylation is 1. The molecule has 0 fully saturated rings. The van der Waals surface area contributed by atoms with Crippen molar-refractivity contribution >= 4 is 5.91 Å². The quantitative estimate of drug-likeness (QED) is 0.789. The Balaban J connectivity index is 1.82. The molecule has 0 aromatic carbocycles. The van der Waals surface area contributed by atoms with E-state index in [1.54, 1.807) is 37.5 Å². The molecule has 0 saturated carbocycles. The first kappa shape index (κ1) is 12.3. The Kier molecular flexibility index (Phi) is 3.12. The number of carbonyl (C=O) groups excluding carboxylic acids is 1. The van der Waals surface area contributed by atoms with Crippen molar-refractivity contribution in [3.05, 3.63) is 53.9 Å². The van der Waals surface area contributed by atoms with Crippen LogP contribution in [0.5, 0.6) is 0 Å². The molecule has 6 nitrogen and oxygen atoms in total. The second-order valence-corrected chi connectivity index (χ2v) is 4.20. The second-order valence-electron chi connectivity index (χ2n) is 4.20. The minimum absolute atomic E-state index is 0.286. The number of carbonyl (C=O) groups is 1. The summed E-state index contributed by atoms with van der Waals surface area (Å²) >= 11 is 0. The van der Waals surface area contributed by atoms with Crippen molar-refractivity contribution in [2.75, 3.05) is 0 Å². The molecular weight excluding hydrogens is 260 g/mol. The van der Waals surface area contributed by atoms with Crippen molar-refractivity contribution in [3.63, 3.8) is 0 Å². The maximum Gasteiger partial charge on any atom is 0.257 e. The van der Waals surface area contributed by atoms with E-state index in [0.717, 1.165) is 0 Å². The molecule has 3 aromatic rings. The highest BCUT2D eigenvalue weighted by atomic mass is 16.5. The van der Waals surface area contributed by atoms with E-state index in [1.807, 2.05) is 0 Å². The summed E-state index contributed by atoms with van der Waals surface area (Å²) in [6, 6.07) is 7.00. The van der Waals surface area contributed by atoms with E-state index >= 15 is 0 Å². The van der Waals surface area contributed by atoms with Gasteiger partial charge in [0, 0.05) is 0 Å². The number of nitrogens with one attached hydrogen (secondary N) is 1. The molecule has 0 aliphatic carbocycles. The largest absolute Gasteiger partial charge is 0.467 e. The third kappa shape index (κ3) is 2.23. The lowest BCUT2D eigenvalue weighted by Gasteiger charge is -2.02. The van der Waals surface area contributed by atoms with E-state index in [4.69, 9.17) is 13.4 Å². The van der Waals surface area contributed by atoms with Gasteiger partial charge >= 0.3 is 0 Å². The molecule has 20 heavy (non-hydrogen) atoms. The van der Waals surface area contributed by atoms with Gasteiger partial charge in [0.15, 0.2) is 11.5 Å². The molecular formula is C14H12N2O4. The van der Waals surface area contributed by atoms with Gasteiger partial charge in [0.25, 0.3) is 5.91 Å². The SMILES string of the molecule is Cc1onc(-c2ccco2)c1C(=O)NCc1ccco1. The zero-order chi connectivity index (χ0) is 13.9. The van der Waals surface area contributed by atoms with Crippen LogP contribution >= 0.6 is 0 Å². The van der Waals surface area contributed by atoms with Gasteiger partial charge in [-0.3, -0.25) is 4.79 Å². The van der Waals surface area contributed by atoms with Crippen molar-refractivity contribution in [3.8, 4) is 11.5 Å². The summed E-state index contributed by atoms with van der Waals surface area (Å²) in [7, 11) is 0. The summed E-state index contributed by atoms with van der Waals surface area (Å²) in [5, 5.41) is 6.63. The van der Waals surface area contributed by atoms with Gasteiger partial charge in [-0.25, -0.2) is 0 Å². The number of amides is 1. The molecule has 0 radical (unpaired) electrons. The lowest BCUT2D eigenvalue weighted by molar-refractivity contribution is 0.0947. The number of nitrogens with zero attached hydrogens (tertiary/aromatic N) is 1. The molecule has 0 unspecified atom stereocenters. The molecule has 102 valence electrons. The highest BCUT2D eigenvalue weighted by Gasteiger charge is 2.23. The number of furan rings is 2. The fourth-order valence-electron chi connectivity index (χ4n) is 1.89. The third-order valence-corrected chi connectivity index (χ3v) is 2.85. The first-order valence-electron chi connectivity index (χ1n) is 6.06. The van der Waals surface area contributed by atoms with Crippen LogP contribution in [0.15, 0.2) is 50.1 Å². The minimum atomic E-state index is -0.286. The van der Waals surface area contributed by atoms with Gasteiger partial charge in [-0.15, -0.1) is 0 Å². The standard InChI is InChI=1S/C14H12N2O4/c1-9-12(13(16-20-9)11-5-3-7-19-11)14(17)15-8-10-4-2-6-18-10/h2-7H,8H2,1H3,(H,15,17). The second kappa shape index (κ2) is 5.08. The summed E-state index contributed by atoms with van der Waals surface area (Å²) < 4.78 is 15.5. The maximum atomic E-state index is 12.2. The van der Waals surface area contributed by atoms with E-state index in [2.05, 4.69) is 10.5 Å². The minimum Gasteiger partial charge on any atom is -0.467 e. The Morgan fingerprint density at radius 3 is 2.75 bits per heavy atom. The van der Waals surface area contributed by atoms with Crippen LogP contribution in [-0.2, 0) is 6.54 Å². The molecule has 0 aliphatic rings. The molecule has 0 bridgehead atoms. The number of hydrogen-bond donors (Lipinski definition) is 1. The smallest absolute Gasteiger partial charge is 0.257 e. The first-order chi connectivity index (χ1) is 9.75. The van der Waals surface area contributed by atoms with E-state index in [1.165, 1.54) is 6.26 Å². The molecule has 3 rings (SSSR count). The van der Waals surface area contributed by atoms with Gasteiger partial charge in [0.2, 0.25) is 0 Å². The van der Waals surface area contributed by atoms with Crippen molar-refractivity contribution in [2.24, 2.45) is 0 Å². The molecule has 3 aromatic heterocycles. The van der Waals surface area contributed by atoms with Gasteiger partial charge in [-0.05, 0) is 31.2 Å². The molecule has 3 heterocycles. The highest BCUT2D eigenvalue weighted by molar-refractivity contribution is 6.00. The number of aromatic nitrogens is 1. The molecule has 0 atom stereocenters. The summed E-state index contributed by atoms with van der Waals surface area (Å²) in [4.78, 5) is 12.2. The summed E-state index contributed by atoms with van der Waals surface area (Å²) in [6.45, 7) is 1.98. The Morgan fingerprint density at radius 2 is 2.05 bits per heavy atom. The van der Waals surface area contributed by atoms with E-state index in [-0.39, 0.29) is 5.91 Å². The molecule has 1 N–H and O–H groups in total. The Hall–Kier alpha value is -2.76. The third-order valence-electron chi connectivity index (χ3n) is 2.85. The van der Waals surface area contributed by atoms with Gasteiger partial charge < -0.3 is 18.7 Å². The predicted octanol–water partition coefficient (Wildman–Crippen LogP) is 2.77. The fraction of sp³-hybridized carbons (Fsp3) is 0.143. The van der Waals surface area contributed by atoms with Crippen LogP contribution in [0.2, 0.25) is 0 Å².